The Balaban J connectivity index is 2.23. The molecule has 0 heterocycles. The van der Waals surface area contributed by atoms with Crippen molar-refractivity contribution in [3.63, 3.8) is 0 Å². The molecular formula is C25H38N6O3. The lowest BCUT2D eigenvalue weighted by Gasteiger charge is -2.20. The number of amides is 1. The third-order valence-electron chi connectivity index (χ3n) is 5.51. The van der Waals surface area contributed by atoms with Gasteiger partial charge in [0, 0.05) is 23.6 Å². The first kappa shape index (κ1) is 26.8. The van der Waals surface area contributed by atoms with E-state index < -0.39 is 0 Å². The molecule has 0 radical (unpaired) electrons. The summed E-state index contributed by atoms with van der Waals surface area (Å²) >= 11 is 0. The number of nitrogens with one attached hydrogen (secondary N) is 4. The van der Waals surface area contributed by atoms with Crippen LogP contribution in [0, 0.1) is 28.6 Å². The van der Waals surface area contributed by atoms with Crippen LogP contribution in [0.25, 0.3) is 0 Å². The van der Waals surface area contributed by atoms with Crippen LogP contribution in [0.15, 0.2) is 41.5 Å². The zero-order chi connectivity index (χ0) is 25.4. The minimum absolute atomic E-state index is 0.0284. The summed E-state index contributed by atoms with van der Waals surface area (Å²) in [5.41, 5.74) is 13.9. The van der Waals surface area contributed by atoms with E-state index in [0.717, 1.165) is 25.7 Å². The van der Waals surface area contributed by atoms with Crippen LogP contribution in [0.1, 0.15) is 58.9 Å². The highest BCUT2D eigenvalue weighted by atomic mass is 16.5. The van der Waals surface area contributed by atoms with Crippen molar-refractivity contribution in [1.82, 2.24) is 5.32 Å². The molecule has 9 nitrogen and oxygen atoms in total. The maximum atomic E-state index is 12.0. The fourth-order valence-corrected chi connectivity index (χ4v) is 3.49. The number of rotatable bonds is 11. The fraction of sp³-hybridized carbons (Fsp3) is 0.480. The number of hydrogen-bond acceptors (Lipinski definition) is 8. The van der Waals surface area contributed by atoms with Crippen molar-refractivity contribution in [2.24, 2.45) is 29.2 Å². The van der Waals surface area contributed by atoms with Gasteiger partial charge in [0.05, 0.1) is 24.1 Å². The first-order valence-electron chi connectivity index (χ1n) is 11.6. The van der Waals surface area contributed by atoms with Crippen molar-refractivity contribution >= 4 is 23.4 Å². The van der Waals surface area contributed by atoms with Gasteiger partial charge in [-0.15, -0.1) is 0 Å². The smallest absolute Gasteiger partial charge is 0.228 e. The highest BCUT2D eigenvalue weighted by Crippen LogP contribution is 2.32. The molecule has 0 aromatic heterocycles. The summed E-state index contributed by atoms with van der Waals surface area (Å²) < 4.78 is 11.2. The monoisotopic (exact) mass is 470 g/mol. The molecule has 0 aliphatic heterocycles. The van der Waals surface area contributed by atoms with E-state index in [-0.39, 0.29) is 35.4 Å². The number of allylic oxidation sites excluding steroid dienone is 2. The molecule has 1 aromatic carbocycles. The standard InChI is InChI=1S/C25H38N6O3/c1-6-16(12-14(2)3)23(28)34-24(29)18-8-7-9-19(22(18)33-5)30-20(15(4)26)13-21(27)31-25(32)17-10-11-17/h7-9,13-14,16-17,28-30H,6,10-12,26-27H2,1-5H3,(H,31,32)/b20-15+,21-13+,28-23?,29-24?. The molecule has 0 spiro atoms. The number of benzene rings is 1. The van der Waals surface area contributed by atoms with Crippen LogP contribution in [-0.4, -0.2) is 24.8 Å². The zero-order valence-corrected chi connectivity index (χ0v) is 20.7. The van der Waals surface area contributed by atoms with Gasteiger partial charge in [0.25, 0.3) is 0 Å². The van der Waals surface area contributed by atoms with Crippen LogP contribution in [0.4, 0.5) is 5.69 Å². The quantitative estimate of drug-likeness (QED) is 0.163. The molecule has 1 saturated carbocycles. The van der Waals surface area contributed by atoms with E-state index in [2.05, 4.69) is 24.5 Å². The van der Waals surface area contributed by atoms with E-state index in [4.69, 9.17) is 31.8 Å². The summed E-state index contributed by atoms with van der Waals surface area (Å²) in [6.07, 6.45) is 4.88. The summed E-state index contributed by atoms with van der Waals surface area (Å²) in [5, 5.41) is 22.7. The van der Waals surface area contributed by atoms with Crippen LogP contribution in [-0.2, 0) is 9.53 Å². The van der Waals surface area contributed by atoms with Gasteiger partial charge in [0.1, 0.15) is 5.82 Å². The summed E-state index contributed by atoms with van der Waals surface area (Å²) in [7, 11) is 1.50. The molecule has 2 rings (SSSR count). The molecule has 1 aliphatic rings. The van der Waals surface area contributed by atoms with Crippen LogP contribution < -0.4 is 26.8 Å². The van der Waals surface area contributed by atoms with E-state index in [1.807, 2.05) is 6.92 Å². The van der Waals surface area contributed by atoms with Crippen molar-refractivity contribution in [2.75, 3.05) is 12.4 Å². The molecule has 9 heteroatoms. The second-order valence-corrected chi connectivity index (χ2v) is 9.00. The molecule has 8 N–H and O–H groups in total. The maximum absolute atomic E-state index is 12.0. The molecule has 1 amide bonds. The molecule has 1 fully saturated rings. The lowest BCUT2D eigenvalue weighted by Crippen LogP contribution is -2.29. The van der Waals surface area contributed by atoms with Crippen molar-refractivity contribution in [1.29, 1.82) is 10.8 Å². The van der Waals surface area contributed by atoms with Gasteiger partial charge in [-0.3, -0.25) is 15.6 Å². The van der Waals surface area contributed by atoms with E-state index in [9.17, 15) is 4.79 Å². The molecule has 1 aromatic rings. The summed E-state index contributed by atoms with van der Waals surface area (Å²) in [5.74, 6) is 0.741. The Morgan fingerprint density at radius 1 is 1.26 bits per heavy atom. The lowest BCUT2D eigenvalue weighted by molar-refractivity contribution is -0.121. The molecule has 1 aliphatic carbocycles. The molecule has 0 bridgehead atoms. The molecule has 1 atom stereocenters. The van der Waals surface area contributed by atoms with Crippen LogP contribution >= 0.6 is 0 Å². The van der Waals surface area contributed by atoms with Gasteiger partial charge < -0.3 is 31.6 Å². The molecular weight excluding hydrogens is 432 g/mol. The Kier molecular flexibility index (Phi) is 9.53. The van der Waals surface area contributed by atoms with Gasteiger partial charge in [-0.2, -0.15) is 0 Å². The Morgan fingerprint density at radius 3 is 2.47 bits per heavy atom. The fourth-order valence-electron chi connectivity index (χ4n) is 3.49. The third-order valence-corrected chi connectivity index (χ3v) is 5.51. The molecule has 1 unspecified atom stereocenters. The first-order valence-corrected chi connectivity index (χ1v) is 11.6. The number of carbonyl (C=O) groups is 1. The second-order valence-electron chi connectivity index (χ2n) is 9.00. The van der Waals surface area contributed by atoms with Crippen LogP contribution in [0.5, 0.6) is 5.75 Å². The number of methoxy groups -OCH3 is 1. The number of carbonyl (C=O) groups excluding carboxylic acids is 1. The summed E-state index contributed by atoms with van der Waals surface area (Å²) in [6.45, 7) is 7.91. The van der Waals surface area contributed by atoms with Crippen LogP contribution in [0.3, 0.4) is 0 Å². The van der Waals surface area contributed by atoms with Gasteiger partial charge in [-0.05, 0) is 50.7 Å². The van der Waals surface area contributed by atoms with Gasteiger partial charge in [-0.25, -0.2) is 0 Å². The molecule has 186 valence electrons. The number of ether oxygens (including phenoxy) is 2. The topological polar surface area (TPSA) is 159 Å². The third kappa shape index (κ3) is 7.54. The Bertz CT molecular complexity index is 975. The SMILES string of the molecule is CCC(CC(C)C)C(=N)OC(=N)c1cccc(NC(/C=C(\N)NC(=O)C2CC2)=C(\C)N)c1OC. The predicted molar refractivity (Wildman–Crippen MR) is 136 cm³/mol. The second kappa shape index (κ2) is 12.1. The average Bonchev–Trinajstić information content (AvgIpc) is 3.61. The zero-order valence-electron chi connectivity index (χ0n) is 20.7. The highest BCUT2D eigenvalue weighted by Gasteiger charge is 2.29. The predicted octanol–water partition coefficient (Wildman–Crippen LogP) is 4.02. The van der Waals surface area contributed by atoms with Crippen molar-refractivity contribution in [3.05, 3.63) is 47.1 Å². The minimum atomic E-state index is -0.172. The molecule has 0 saturated heterocycles. The van der Waals surface area contributed by atoms with Crippen molar-refractivity contribution in [2.45, 2.75) is 53.4 Å². The summed E-state index contributed by atoms with van der Waals surface area (Å²) in [6, 6.07) is 5.21. The Morgan fingerprint density at radius 2 is 1.94 bits per heavy atom. The van der Waals surface area contributed by atoms with Crippen LogP contribution in [0.2, 0.25) is 0 Å². The normalized spacial score (nSPS) is 15.3. The molecule has 34 heavy (non-hydrogen) atoms. The largest absolute Gasteiger partial charge is 0.494 e. The Labute approximate surface area is 202 Å². The Hall–Kier alpha value is -3.49. The number of anilines is 1. The van der Waals surface area contributed by atoms with E-state index in [0.29, 0.717) is 34.3 Å². The average molecular weight is 471 g/mol. The van der Waals surface area contributed by atoms with Gasteiger partial charge in [0.2, 0.25) is 11.8 Å². The van der Waals surface area contributed by atoms with Gasteiger partial charge >= 0.3 is 0 Å². The lowest BCUT2D eigenvalue weighted by atomic mass is 9.95. The number of nitrogens with two attached hydrogens (primary N) is 2. The highest BCUT2D eigenvalue weighted by molar-refractivity contribution is 6.03. The number of para-hydroxylation sites is 1. The first-order chi connectivity index (χ1) is 16.1. The summed E-state index contributed by atoms with van der Waals surface area (Å²) in [4.78, 5) is 12.0. The minimum Gasteiger partial charge on any atom is -0.494 e. The van der Waals surface area contributed by atoms with Crippen molar-refractivity contribution < 1.29 is 14.3 Å². The van der Waals surface area contributed by atoms with Crippen molar-refractivity contribution in [3.8, 4) is 5.75 Å². The van der Waals surface area contributed by atoms with E-state index in [1.165, 1.54) is 7.11 Å². The number of hydrogen-bond donors (Lipinski definition) is 6. The van der Waals surface area contributed by atoms with Gasteiger partial charge in [0.15, 0.2) is 11.6 Å². The van der Waals surface area contributed by atoms with E-state index in [1.54, 1.807) is 31.2 Å². The maximum Gasteiger partial charge on any atom is 0.228 e. The van der Waals surface area contributed by atoms with Gasteiger partial charge in [-0.1, -0.05) is 26.8 Å². The van der Waals surface area contributed by atoms with E-state index >= 15 is 0 Å².